The highest BCUT2D eigenvalue weighted by molar-refractivity contribution is 7.14. The van der Waals surface area contributed by atoms with Crippen LogP contribution in [0.3, 0.4) is 0 Å². The second kappa shape index (κ2) is 6.58. The summed E-state index contributed by atoms with van der Waals surface area (Å²) in [5.41, 5.74) is 0. The van der Waals surface area contributed by atoms with Crippen molar-refractivity contribution >= 4 is 28.8 Å². The topological polar surface area (TPSA) is 20.3 Å². The molecule has 0 N–H and O–H groups in total. The van der Waals surface area contributed by atoms with Crippen molar-refractivity contribution < 1.29 is 4.79 Å². The Morgan fingerprint density at radius 2 is 2.39 bits per heavy atom. The van der Waals surface area contributed by atoms with Gasteiger partial charge in [0.2, 0.25) is 0 Å². The predicted octanol–water partition coefficient (Wildman–Crippen LogP) is 3.93. The number of rotatable bonds is 5. The molecule has 0 radical (unpaired) electrons. The number of carbonyl (C=O) groups excluding carboxylic acids is 1. The third-order valence-electron chi connectivity index (χ3n) is 3.53. The van der Waals surface area contributed by atoms with Gasteiger partial charge in [-0.2, -0.15) is 0 Å². The van der Waals surface area contributed by atoms with Gasteiger partial charge in [-0.3, -0.25) is 4.79 Å². The highest BCUT2D eigenvalue weighted by Crippen LogP contribution is 2.26. The summed E-state index contributed by atoms with van der Waals surface area (Å²) in [5, 5.41) is 0. The van der Waals surface area contributed by atoms with Crippen molar-refractivity contribution in [2.45, 2.75) is 45.1 Å². The number of amides is 1. The number of aryl methyl sites for hydroxylation is 1. The summed E-state index contributed by atoms with van der Waals surface area (Å²) in [6, 6.07) is 4.45. The smallest absolute Gasteiger partial charge is 0.264 e. The molecule has 100 valence electrons. The van der Waals surface area contributed by atoms with Crippen molar-refractivity contribution in [1.29, 1.82) is 0 Å². The lowest BCUT2D eigenvalue weighted by atomic mass is 10.1. The predicted molar refractivity (Wildman–Crippen MR) is 77.7 cm³/mol. The Morgan fingerprint density at radius 1 is 1.56 bits per heavy atom. The summed E-state index contributed by atoms with van der Waals surface area (Å²) in [5.74, 6) is 0.911. The Labute approximate surface area is 118 Å². The minimum absolute atomic E-state index is 0.219. The molecule has 2 heterocycles. The molecule has 1 aliphatic rings. The molecule has 4 heteroatoms. The zero-order valence-electron chi connectivity index (χ0n) is 10.8. The molecule has 1 unspecified atom stereocenters. The van der Waals surface area contributed by atoms with E-state index in [9.17, 15) is 4.79 Å². The molecule has 18 heavy (non-hydrogen) atoms. The summed E-state index contributed by atoms with van der Waals surface area (Å²) in [7, 11) is 0. The van der Waals surface area contributed by atoms with E-state index in [1.54, 1.807) is 11.3 Å². The molecular formula is C14H20ClNOS. The lowest BCUT2D eigenvalue weighted by Crippen LogP contribution is -2.35. The third-order valence-corrected chi connectivity index (χ3v) is 5.01. The lowest BCUT2D eigenvalue weighted by Gasteiger charge is -2.24. The Kier molecular flexibility index (Phi) is 5.07. The van der Waals surface area contributed by atoms with Crippen LogP contribution in [-0.2, 0) is 6.42 Å². The summed E-state index contributed by atoms with van der Waals surface area (Å²) in [6.07, 6.45) is 5.31. The van der Waals surface area contributed by atoms with Crippen LogP contribution in [0.5, 0.6) is 0 Å². The van der Waals surface area contributed by atoms with Crippen LogP contribution in [0.15, 0.2) is 12.1 Å². The van der Waals surface area contributed by atoms with E-state index in [-0.39, 0.29) is 5.91 Å². The Balaban J connectivity index is 2.02. The number of halogens is 1. The number of carbonyl (C=O) groups is 1. The van der Waals surface area contributed by atoms with Gasteiger partial charge >= 0.3 is 0 Å². The number of hydrogen-bond donors (Lipinski definition) is 0. The van der Waals surface area contributed by atoms with Gasteiger partial charge in [-0.05, 0) is 44.2 Å². The number of likely N-dealkylation sites (tertiary alicyclic amines) is 1. The summed E-state index contributed by atoms with van der Waals surface area (Å²) >= 11 is 7.38. The maximum absolute atomic E-state index is 12.5. The SMILES string of the molecule is CCc1ccc(C(=O)N2CCCC2CCCCl)s1. The first-order valence-corrected chi connectivity index (χ1v) is 8.07. The van der Waals surface area contributed by atoms with Gasteiger partial charge in [0.1, 0.15) is 0 Å². The maximum Gasteiger partial charge on any atom is 0.264 e. The first-order valence-electron chi connectivity index (χ1n) is 6.72. The molecular weight excluding hydrogens is 266 g/mol. The van der Waals surface area contributed by atoms with Crippen LogP contribution < -0.4 is 0 Å². The minimum atomic E-state index is 0.219. The fraction of sp³-hybridized carbons (Fsp3) is 0.643. The highest BCUT2D eigenvalue weighted by Gasteiger charge is 2.29. The van der Waals surface area contributed by atoms with Gasteiger partial charge in [-0.1, -0.05) is 6.92 Å². The van der Waals surface area contributed by atoms with Crippen LogP contribution in [0.25, 0.3) is 0 Å². The molecule has 0 spiro atoms. The first kappa shape index (κ1) is 13.9. The zero-order valence-corrected chi connectivity index (χ0v) is 12.4. The number of hydrogen-bond acceptors (Lipinski definition) is 2. The van der Waals surface area contributed by atoms with Gasteiger partial charge in [-0.15, -0.1) is 22.9 Å². The van der Waals surface area contributed by atoms with E-state index in [2.05, 4.69) is 17.9 Å². The van der Waals surface area contributed by atoms with Crippen molar-refractivity contribution in [3.8, 4) is 0 Å². The molecule has 0 aliphatic carbocycles. The minimum Gasteiger partial charge on any atom is -0.335 e. The van der Waals surface area contributed by atoms with Crippen molar-refractivity contribution in [3.05, 3.63) is 21.9 Å². The fourth-order valence-corrected chi connectivity index (χ4v) is 3.60. The zero-order chi connectivity index (χ0) is 13.0. The molecule has 2 rings (SSSR count). The monoisotopic (exact) mass is 285 g/mol. The van der Waals surface area contributed by atoms with E-state index in [0.717, 1.165) is 43.5 Å². The Morgan fingerprint density at radius 3 is 3.06 bits per heavy atom. The van der Waals surface area contributed by atoms with E-state index in [0.29, 0.717) is 11.9 Å². The van der Waals surface area contributed by atoms with Crippen LogP contribution >= 0.6 is 22.9 Å². The molecule has 0 saturated carbocycles. The molecule has 1 aromatic heterocycles. The molecule has 1 atom stereocenters. The third kappa shape index (κ3) is 3.07. The second-order valence-corrected chi connectivity index (χ2v) is 6.29. The normalized spacial score (nSPS) is 19.4. The van der Waals surface area contributed by atoms with Crippen LogP contribution in [0.2, 0.25) is 0 Å². The van der Waals surface area contributed by atoms with Gasteiger partial charge < -0.3 is 4.90 Å². The van der Waals surface area contributed by atoms with Crippen LogP contribution in [0.1, 0.15) is 47.2 Å². The number of alkyl halides is 1. The molecule has 1 aromatic rings. The van der Waals surface area contributed by atoms with Gasteiger partial charge in [0, 0.05) is 23.3 Å². The molecule has 1 saturated heterocycles. The van der Waals surface area contributed by atoms with E-state index in [1.165, 1.54) is 4.88 Å². The van der Waals surface area contributed by atoms with Crippen molar-refractivity contribution in [1.82, 2.24) is 4.90 Å². The number of thiophene rings is 1. The molecule has 0 bridgehead atoms. The second-order valence-electron chi connectivity index (χ2n) is 4.75. The van der Waals surface area contributed by atoms with E-state index in [1.807, 2.05) is 6.07 Å². The lowest BCUT2D eigenvalue weighted by molar-refractivity contribution is 0.0735. The summed E-state index contributed by atoms with van der Waals surface area (Å²) < 4.78 is 0. The highest BCUT2D eigenvalue weighted by atomic mass is 35.5. The molecule has 1 amide bonds. The summed E-state index contributed by atoms with van der Waals surface area (Å²) in [6.45, 7) is 3.03. The average Bonchev–Trinajstić information content (AvgIpc) is 3.04. The quantitative estimate of drug-likeness (QED) is 0.751. The van der Waals surface area contributed by atoms with E-state index >= 15 is 0 Å². The number of nitrogens with zero attached hydrogens (tertiary/aromatic N) is 1. The van der Waals surface area contributed by atoms with Crippen LogP contribution in [-0.4, -0.2) is 29.3 Å². The molecule has 1 fully saturated rings. The van der Waals surface area contributed by atoms with E-state index in [4.69, 9.17) is 11.6 Å². The van der Waals surface area contributed by atoms with Gasteiger partial charge in [0.25, 0.3) is 5.91 Å². The summed E-state index contributed by atoms with van der Waals surface area (Å²) in [4.78, 5) is 16.7. The van der Waals surface area contributed by atoms with Crippen LogP contribution in [0.4, 0.5) is 0 Å². The first-order chi connectivity index (χ1) is 8.76. The van der Waals surface area contributed by atoms with Crippen molar-refractivity contribution in [3.63, 3.8) is 0 Å². The molecule has 1 aliphatic heterocycles. The standard InChI is InChI=1S/C14H20ClNOS/c1-2-12-7-8-13(18-12)14(17)16-10-4-6-11(16)5-3-9-15/h7-8,11H,2-6,9-10H2,1H3. The molecule has 2 nitrogen and oxygen atoms in total. The van der Waals surface area contributed by atoms with Crippen molar-refractivity contribution in [2.24, 2.45) is 0 Å². The van der Waals surface area contributed by atoms with Gasteiger partial charge in [-0.25, -0.2) is 0 Å². The largest absolute Gasteiger partial charge is 0.335 e. The van der Waals surface area contributed by atoms with Gasteiger partial charge in [0.15, 0.2) is 0 Å². The average molecular weight is 286 g/mol. The Hall–Kier alpha value is -0.540. The van der Waals surface area contributed by atoms with Crippen LogP contribution in [0, 0.1) is 0 Å². The van der Waals surface area contributed by atoms with E-state index < -0.39 is 0 Å². The van der Waals surface area contributed by atoms with Gasteiger partial charge in [0.05, 0.1) is 4.88 Å². The van der Waals surface area contributed by atoms with Crippen molar-refractivity contribution in [2.75, 3.05) is 12.4 Å². The molecule has 0 aromatic carbocycles. The fourth-order valence-electron chi connectivity index (χ4n) is 2.54. The maximum atomic E-state index is 12.5. The Bertz CT molecular complexity index is 404.